The second-order valence-corrected chi connectivity index (χ2v) is 7.30. The number of carbonyl (C=O) groups excluding carboxylic acids is 1. The van der Waals surface area contributed by atoms with Crippen molar-refractivity contribution in [1.29, 1.82) is 0 Å². The van der Waals surface area contributed by atoms with E-state index in [-0.39, 0.29) is 10.8 Å². The Kier molecular flexibility index (Phi) is 6.23. The molecule has 2 rings (SSSR count). The molecular weight excluding hydrogens is 356 g/mol. The standard InChI is InChI=1S/C18H22N2O5S/c1-5-25-15-9-7-13(10-16(15)24-4)18(21)20-14-8-6-12(2)17(11-14)26(22,23)19-3/h6-11,19H,5H2,1-4H3,(H,20,21). The second kappa shape index (κ2) is 8.20. The van der Waals surface area contributed by atoms with Crippen molar-refractivity contribution in [3.8, 4) is 11.5 Å². The SMILES string of the molecule is CCOc1ccc(C(=O)Nc2ccc(C)c(S(=O)(=O)NC)c2)cc1OC. The predicted molar refractivity (Wildman–Crippen MR) is 99.5 cm³/mol. The normalized spacial score (nSPS) is 11.1. The first kappa shape index (κ1) is 19.7. The van der Waals surface area contributed by atoms with Gasteiger partial charge in [-0.1, -0.05) is 6.07 Å². The van der Waals surface area contributed by atoms with E-state index in [0.717, 1.165) is 0 Å². The molecule has 0 heterocycles. The maximum absolute atomic E-state index is 12.5. The van der Waals surface area contributed by atoms with Crippen LogP contribution in [-0.2, 0) is 10.0 Å². The fraction of sp³-hybridized carbons (Fsp3) is 0.278. The molecule has 26 heavy (non-hydrogen) atoms. The summed E-state index contributed by atoms with van der Waals surface area (Å²) in [6.45, 7) is 4.02. The summed E-state index contributed by atoms with van der Waals surface area (Å²) in [7, 11) is -0.778. The van der Waals surface area contributed by atoms with Crippen LogP contribution in [0.1, 0.15) is 22.8 Å². The number of amides is 1. The van der Waals surface area contributed by atoms with Crippen molar-refractivity contribution in [2.24, 2.45) is 0 Å². The Hall–Kier alpha value is -2.58. The van der Waals surface area contributed by atoms with Crippen LogP contribution in [0.2, 0.25) is 0 Å². The number of ether oxygens (including phenoxy) is 2. The van der Waals surface area contributed by atoms with Crippen molar-refractivity contribution in [3.63, 3.8) is 0 Å². The molecule has 2 N–H and O–H groups in total. The highest BCUT2D eigenvalue weighted by atomic mass is 32.2. The maximum atomic E-state index is 12.5. The fourth-order valence-electron chi connectivity index (χ4n) is 2.36. The summed E-state index contributed by atoms with van der Waals surface area (Å²) in [5.74, 6) is 0.606. The van der Waals surface area contributed by atoms with Gasteiger partial charge in [-0.25, -0.2) is 13.1 Å². The van der Waals surface area contributed by atoms with Gasteiger partial charge in [0.1, 0.15) is 0 Å². The van der Waals surface area contributed by atoms with Crippen LogP contribution in [0.25, 0.3) is 0 Å². The first-order valence-electron chi connectivity index (χ1n) is 7.98. The molecule has 0 aliphatic carbocycles. The third kappa shape index (κ3) is 4.33. The van der Waals surface area contributed by atoms with E-state index < -0.39 is 10.0 Å². The molecule has 7 nitrogen and oxygen atoms in total. The second-order valence-electron chi connectivity index (χ2n) is 5.44. The molecule has 0 radical (unpaired) electrons. The van der Waals surface area contributed by atoms with Crippen LogP contribution in [0, 0.1) is 6.92 Å². The number of sulfonamides is 1. The molecular formula is C18H22N2O5S. The molecule has 2 aromatic carbocycles. The van der Waals surface area contributed by atoms with Crippen molar-refractivity contribution < 1.29 is 22.7 Å². The van der Waals surface area contributed by atoms with Gasteiger partial charge in [-0.2, -0.15) is 0 Å². The topological polar surface area (TPSA) is 93.7 Å². The van der Waals surface area contributed by atoms with Gasteiger partial charge in [0, 0.05) is 11.3 Å². The van der Waals surface area contributed by atoms with E-state index in [1.165, 1.54) is 20.2 Å². The largest absolute Gasteiger partial charge is 0.493 e. The molecule has 0 spiro atoms. The molecule has 8 heteroatoms. The lowest BCUT2D eigenvalue weighted by molar-refractivity contribution is 0.102. The number of carbonyl (C=O) groups is 1. The minimum Gasteiger partial charge on any atom is -0.493 e. The van der Waals surface area contributed by atoms with E-state index in [4.69, 9.17) is 9.47 Å². The van der Waals surface area contributed by atoms with Gasteiger partial charge >= 0.3 is 0 Å². The third-order valence-corrected chi connectivity index (χ3v) is 5.29. The smallest absolute Gasteiger partial charge is 0.255 e. The predicted octanol–water partition coefficient (Wildman–Crippen LogP) is 2.56. The van der Waals surface area contributed by atoms with Crippen LogP contribution in [0.5, 0.6) is 11.5 Å². The van der Waals surface area contributed by atoms with E-state index in [0.29, 0.717) is 34.9 Å². The lowest BCUT2D eigenvalue weighted by Gasteiger charge is -2.12. The van der Waals surface area contributed by atoms with Crippen LogP contribution in [0.4, 0.5) is 5.69 Å². The van der Waals surface area contributed by atoms with Gasteiger partial charge in [0.2, 0.25) is 10.0 Å². The average molecular weight is 378 g/mol. The van der Waals surface area contributed by atoms with Gasteiger partial charge in [0.15, 0.2) is 11.5 Å². The average Bonchev–Trinajstić information content (AvgIpc) is 2.63. The summed E-state index contributed by atoms with van der Waals surface area (Å²) in [6.07, 6.45) is 0. The van der Waals surface area contributed by atoms with Crippen LogP contribution >= 0.6 is 0 Å². The lowest BCUT2D eigenvalue weighted by atomic mass is 10.1. The monoisotopic (exact) mass is 378 g/mol. The van der Waals surface area contributed by atoms with Crippen molar-refractivity contribution in [2.45, 2.75) is 18.7 Å². The maximum Gasteiger partial charge on any atom is 0.255 e. The van der Waals surface area contributed by atoms with Crippen molar-refractivity contribution in [1.82, 2.24) is 4.72 Å². The van der Waals surface area contributed by atoms with Gasteiger partial charge in [-0.15, -0.1) is 0 Å². The van der Waals surface area contributed by atoms with Gasteiger partial charge in [0.05, 0.1) is 18.6 Å². The Morgan fingerprint density at radius 2 is 1.85 bits per heavy atom. The Balaban J connectivity index is 2.29. The molecule has 0 bridgehead atoms. The molecule has 0 fully saturated rings. The minimum atomic E-state index is -3.61. The van der Waals surface area contributed by atoms with Crippen molar-refractivity contribution in [3.05, 3.63) is 47.5 Å². The van der Waals surface area contributed by atoms with Crippen molar-refractivity contribution in [2.75, 3.05) is 26.1 Å². The Morgan fingerprint density at radius 1 is 1.12 bits per heavy atom. The lowest BCUT2D eigenvalue weighted by Crippen LogP contribution is -2.20. The van der Waals surface area contributed by atoms with E-state index >= 15 is 0 Å². The molecule has 0 aliphatic rings. The zero-order valence-electron chi connectivity index (χ0n) is 15.1. The van der Waals surface area contributed by atoms with Crippen molar-refractivity contribution >= 4 is 21.6 Å². The van der Waals surface area contributed by atoms with Gasteiger partial charge in [-0.05, 0) is 56.8 Å². The number of methoxy groups -OCH3 is 1. The summed E-state index contributed by atoms with van der Waals surface area (Å²) in [5, 5.41) is 2.70. The quantitative estimate of drug-likeness (QED) is 0.772. The van der Waals surface area contributed by atoms with Crippen LogP contribution in [-0.4, -0.2) is 35.1 Å². The molecule has 0 aromatic heterocycles. The fourth-order valence-corrected chi connectivity index (χ4v) is 3.36. The highest BCUT2D eigenvalue weighted by Crippen LogP contribution is 2.28. The van der Waals surface area contributed by atoms with E-state index in [1.54, 1.807) is 37.3 Å². The van der Waals surface area contributed by atoms with E-state index in [9.17, 15) is 13.2 Å². The van der Waals surface area contributed by atoms with Crippen LogP contribution in [0.3, 0.4) is 0 Å². The van der Waals surface area contributed by atoms with Gasteiger partial charge in [0.25, 0.3) is 5.91 Å². The molecule has 0 unspecified atom stereocenters. The zero-order valence-corrected chi connectivity index (χ0v) is 15.9. The number of anilines is 1. The summed E-state index contributed by atoms with van der Waals surface area (Å²) < 4.78 is 37.1. The number of nitrogens with one attached hydrogen (secondary N) is 2. The molecule has 1 amide bonds. The molecule has 0 saturated heterocycles. The molecule has 2 aromatic rings. The Labute approximate surface area is 153 Å². The number of rotatable bonds is 7. The molecule has 0 atom stereocenters. The van der Waals surface area contributed by atoms with Gasteiger partial charge < -0.3 is 14.8 Å². The van der Waals surface area contributed by atoms with E-state index in [1.807, 2.05) is 6.92 Å². The van der Waals surface area contributed by atoms with E-state index in [2.05, 4.69) is 10.0 Å². The highest BCUT2D eigenvalue weighted by molar-refractivity contribution is 7.89. The van der Waals surface area contributed by atoms with Crippen LogP contribution in [0.15, 0.2) is 41.3 Å². The summed E-state index contributed by atoms with van der Waals surface area (Å²) >= 11 is 0. The minimum absolute atomic E-state index is 0.113. The Bertz CT molecular complexity index is 910. The first-order valence-corrected chi connectivity index (χ1v) is 9.47. The molecule has 140 valence electrons. The highest BCUT2D eigenvalue weighted by Gasteiger charge is 2.17. The zero-order chi connectivity index (χ0) is 19.3. The Morgan fingerprint density at radius 3 is 2.46 bits per heavy atom. The number of hydrogen-bond acceptors (Lipinski definition) is 5. The summed E-state index contributed by atoms with van der Waals surface area (Å²) in [4.78, 5) is 12.6. The summed E-state index contributed by atoms with van der Waals surface area (Å²) in [6, 6.07) is 9.54. The number of hydrogen-bond donors (Lipinski definition) is 2. The van der Waals surface area contributed by atoms with Crippen LogP contribution < -0.4 is 19.5 Å². The number of benzene rings is 2. The number of aryl methyl sites for hydroxylation is 1. The molecule has 0 aliphatic heterocycles. The molecule has 0 saturated carbocycles. The third-order valence-electron chi connectivity index (χ3n) is 3.73. The van der Waals surface area contributed by atoms with Gasteiger partial charge in [-0.3, -0.25) is 4.79 Å². The summed E-state index contributed by atoms with van der Waals surface area (Å²) in [5.41, 5.74) is 1.33. The first-order chi connectivity index (χ1) is 12.3.